The quantitative estimate of drug-likeness (QED) is 0.843. The van der Waals surface area contributed by atoms with E-state index < -0.39 is 0 Å². The van der Waals surface area contributed by atoms with Gasteiger partial charge >= 0.3 is 0 Å². The van der Waals surface area contributed by atoms with Crippen LogP contribution >= 0.6 is 12.2 Å². The summed E-state index contributed by atoms with van der Waals surface area (Å²) in [5.41, 5.74) is 1.72. The molecule has 0 radical (unpaired) electrons. The van der Waals surface area contributed by atoms with Crippen LogP contribution in [0.1, 0.15) is 11.1 Å². The molecule has 1 saturated heterocycles. The molecule has 1 heterocycles. The van der Waals surface area contributed by atoms with Crippen LogP contribution in [0, 0.1) is 11.6 Å². The van der Waals surface area contributed by atoms with Crippen LogP contribution in [-0.4, -0.2) is 41.1 Å². The molecule has 6 heteroatoms. The van der Waals surface area contributed by atoms with Gasteiger partial charge in [-0.2, -0.15) is 0 Å². The van der Waals surface area contributed by atoms with Gasteiger partial charge in [0.15, 0.2) is 5.11 Å². The van der Waals surface area contributed by atoms with E-state index in [-0.39, 0.29) is 11.6 Å². The molecule has 1 N–H and O–H groups in total. The second-order valence-corrected chi connectivity index (χ2v) is 6.53. The minimum absolute atomic E-state index is 0.151. The number of hydrogen-bond acceptors (Lipinski definition) is 2. The van der Waals surface area contributed by atoms with Crippen LogP contribution in [0.4, 0.5) is 8.78 Å². The predicted molar refractivity (Wildman–Crippen MR) is 99.1 cm³/mol. The number of thiocarbonyl (C=S) groups is 1. The van der Waals surface area contributed by atoms with E-state index in [4.69, 9.17) is 12.2 Å². The fraction of sp³-hybridized carbons (Fsp3) is 0.316. The van der Waals surface area contributed by atoms with E-state index in [1.54, 1.807) is 18.2 Å². The molecule has 3 nitrogen and oxygen atoms in total. The molecule has 0 aromatic heterocycles. The Balaban J connectivity index is 1.44. The lowest BCUT2D eigenvalue weighted by molar-refractivity contribution is 0.173. The van der Waals surface area contributed by atoms with Gasteiger partial charge in [-0.05, 0) is 36.0 Å². The molecule has 1 fully saturated rings. The summed E-state index contributed by atoms with van der Waals surface area (Å²) in [5.74, 6) is -0.390. The Morgan fingerprint density at radius 2 is 1.64 bits per heavy atom. The van der Waals surface area contributed by atoms with Crippen molar-refractivity contribution in [3.63, 3.8) is 0 Å². The number of benzene rings is 2. The Hall–Kier alpha value is -2.05. The maximum absolute atomic E-state index is 13.7. The van der Waals surface area contributed by atoms with E-state index in [0.29, 0.717) is 18.2 Å². The topological polar surface area (TPSA) is 18.5 Å². The van der Waals surface area contributed by atoms with E-state index >= 15 is 0 Å². The molecule has 0 saturated carbocycles. The largest absolute Gasteiger partial charge is 0.358 e. The molecule has 0 amide bonds. The second kappa shape index (κ2) is 8.36. The summed E-state index contributed by atoms with van der Waals surface area (Å²) >= 11 is 5.45. The van der Waals surface area contributed by atoms with Crippen molar-refractivity contribution in [2.24, 2.45) is 0 Å². The van der Waals surface area contributed by atoms with Crippen LogP contribution in [0.15, 0.2) is 48.5 Å². The highest BCUT2D eigenvalue weighted by molar-refractivity contribution is 7.80. The van der Waals surface area contributed by atoms with Gasteiger partial charge in [0.1, 0.15) is 11.6 Å². The first-order chi connectivity index (χ1) is 12.1. The summed E-state index contributed by atoms with van der Waals surface area (Å²) < 4.78 is 26.7. The zero-order valence-corrected chi connectivity index (χ0v) is 14.7. The Labute approximate surface area is 152 Å². The third kappa shape index (κ3) is 4.96. The summed E-state index contributed by atoms with van der Waals surface area (Å²) in [6.45, 7) is 4.50. The summed E-state index contributed by atoms with van der Waals surface area (Å²) in [6.07, 6.45) is 0. The van der Waals surface area contributed by atoms with Crippen molar-refractivity contribution in [2.45, 2.75) is 13.1 Å². The number of rotatable bonds is 4. The highest BCUT2D eigenvalue weighted by Crippen LogP contribution is 2.12. The average molecular weight is 361 g/mol. The molecule has 1 aliphatic rings. The van der Waals surface area contributed by atoms with E-state index in [1.807, 2.05) is 12.1 Å². The molecule has 0 unspecified atom stereocenters. The van der Waals surface area contributed by atoms with E-state index in [1.165, 1.54) is 18.2 Å². The van der Waals surface area contributed by atoms with E-state index in [0.717, 1.165) is 37.3 Å². The Morgan fingerprint density at radius 1 is 0.960 bits per heavy atom. The highest BCUT2D eigenvalue weighted by Gasteiger charge is 2.19. The average Bonchev–Trinajstić information content (AvgIpc) is 2.63. The molecule has 132 valence electrons. The molecule has 2 aromatic rings. The van der Waals surface area contributed by atoms with Gasteiger partial charge in [0.2, 0.25) is 0 Å². The zero-order valence-electron chi connectivity index (χ0n) is 13.9. The maximum Gasteiger partial charge on any atom is 0.169 e. The van der Waals surface area contributed by atoms with Crippen LogP contribution in [0.5, 0.6) is 0 Å². The number of nitrogens with one attached hydrogen (secondary N) is 1. The van der Waals surface area contributed by atoms with Crippen LogP contribution in [0.2, 0.25) is 0 Å². The molecular formula is C19H21F2N3S. The third-order valence-electron chi connectivity index (χ3n) is 4.37. The van der Waals surface area contributed by atoms with Crippen molar-refractivity contribution in [2.75, 3.05) is 26.2 Å². The predicted octanol–water partition coefficient (Wildman–Crippen LogP) is 3.16. The van der Waals surface area contributed by atoms with Gasteiger partial charge in [-0.25, -0.2) is 8.78 Å². The van der Waals surface area contributed by atoms with Gasteiger partial charge in [0.25, 0.3) is 0 Å². The highest BCUT2D eigenvalue weighted by atomic mass is 32.1. The molecule has 0 atom stereocenters. The van der Waals surface area contributed by atoms with Gasteiger partial charge < -0.3 is 10.2 Å². The smallest absolute Gasteiger partial charge is 0.169 e. The fourth-order valence-electron chi connectivity index (χ4n) is 2.87. The van der Waals surface area contributed by atoms with Crippen LogP contribution in [0.3, 0.4) is 0 Å². The van der Waals surface area contributed by atoms with Gasteiger partial charge in [0, 0.05) is 44.8 Å². The normalized spacial score (nSPS) is 15.2. The summed E-state index contributed by atoms with van der Waals surface area (Å²) in [4.78, 5) is 4.36. The van der Waals surface area contributed by atoms with Crippen molar-refractivity contribution in [1.29, 1.82) is 0 Å². The minimum atomic E-state index is -0.239. The lowest BCUT2D eigenvalue weighted by atomic mass is 10.2. The molecule has 3 rings (SSSR count). The number of hydrogen-bond donors (Lipinski definition) is 1. The first kappa shape index (κ1) is 17.8. The van der Waals surface area contributed by atoms with Crippen molar-refractivity contribution in [1.82, 2.24) is 15.1 Å². The van der Waals surface area contributed by atoms with Gasteiger partial charge in [0.05, 0.1) is 0 Å². The lowest BCUT2D eigenvalue weighted by Crippen LogP contribution is -2.51. The van der Waals surface area contributed by atoms with Crippen molar-refractivity contribution in [3.8, 4) is 0 Å². The lowest BCUT2D eigenvalue weighted by Gasteiger charge is -2.36. The first-order valence-electron chi connectivity index (χ1n) is 8.35. The van der Waals surface area contributed by atoms with Gasteiger partial charge in [-0.3, -0.25) is 4.90 Å². The molecule has 0 spiro atoms. The molecular weight excluding hydrogens is 340 g/mol. The number of piperazine rings is 1. The summed E-state index contributed by atoms with van der Waals surface area (Å²) in [5, 5.41) is 3.92. The van der Waals surface area contributed by atoms with Crippen LogP contribution < -0.4 is 5.32 Å². The molecule has 0 bridgehead atoms. The Morgan fingerprint density at radius 3 is 2.32 bits per heavy atom. The molecule has 25 heavy (non-hydrogen) atoms. The fourth-order valence-corrected chi connectivity index (χ4v) is 3.12. The van der Waals surface area contributed by atoms with Crippen LogP contribution in [-0.2, 0) is 13.1 Å². The van der Waals surface area contributed by atoms with Crippen molar-refractivity contribution in [3.05, 3.63) is 71.3 Å². The standard InChI is InChI=1S/C19H21F2N3S/c20-17-7-5-15(6-8-17)13-22-19(25)24-11-9-23(10-12-24)14-16-3-1-2-4-18(16)21/h1-8H,9-14H2,(H,22,25). The Bertz CT molecular complexity index is 713. The maximum atomic E-state index is 13.7. The third-order valence-corrected chi connectivity index (χ3v) is 4.77. The molecule has 1 aliphatic heterocycles. The Kier molecular flexibility index (Phi) is 5.94. The number of halogens is 2. The van der Waals surface area contributed by atoms with Crippen LogP contribution in [0.25, 0.3) is 0 Å². The summed E-state index contributed by atoms with van der Waals surface area (Å²) in [6, 6.07) is 13.3. The monoisotopic (exact) mass is 361 g/mol. The number of nitrogens with zero attached hydrogens (tertiary/aromatic N) is 2. The molecule has 0 aliphatic carbocycles. The first-order valence-corrected chi connectivity index (χ1v) is 8.75. The van der Waals surface area contributed by atoms with Crippen molar-refractivity contribution >= 4 is 17.3 Å². The van der Waals surface area contributed by atoms with E-state index in [2.05, 4.69) is 15.1 Å². The van der Waals surface area contributed by atoms with Gasteiger partial charge in [-0.15, -0.1) is 0 Å². The van der Waals surface area contributed by atoms with E-state index in [9.17, 15) is 8.78 Å². The summed E-state index contributed by atoms with van der Waals surface area (Å²) in [7, 11) is 0. The molecule has 2 aromatic carbocycles. The van der Waals surface area contributed by atoms with Crippen molar-refractivity contribution < 1.29 is 8.78 Å². The van der Waals surface area contributed by atoms with Gasteiger partial charge in [-0.1, -0.05) is 30.3 Å². The SMILES string of the molecule is Fc1ccc(CNC(=S)N2CCN(Cc3ccccc3F)CC2)cc1. The second-order valence-electron chi connectivity index (χ2n) is 6.14. The zero-order chi connectivity index (χ0) is 17.6. The minimum Gasteiger partial charge on any atom is -0.358 e.